The highest BCUT2D eigenvalue weighted by molar-refractivity contribution is 6.02. The Balaban J connectivity index is 1.41. The molecule has 3 rings (SSSR count). The third-order valence-electron chi connectivity index (χ3n) is 5.09. The fourth-order valence-electron chi connectivity index (χ4n) is 3.43. The number of para-hydroxylation sites is 1. The van der Waals surface area contributed by atoms with Crippen LogP contribution >= 0.6 is 0 Å². The van der Waals surface area contributed by atoms with Crippen LogP contribution in [-0.4, -0.2) is 47.2 Å². The van der Waals surface area contributed by atoms with E-state index in [0.717, 1.165) is 10.9 Å². The maximum Gasteiger partial charge on any atom is 0.405 e. The normalized spacial score (nSPS) is 11.5. The molecule has 1 atom stereocenters. The average molecular weight is 465 g/mol. The van der Waals surface area contributed by atoms with Crippen LogP contribution in [0.3, 0.4) is 0 Å². The van der Waals surface area contributed by atoms with Crippen LogP contribution in [0, 0.1) is 0 Å². The maximum atomic E-state index is 12.7. The Morgan fingerprint density at radius 3 is 2.56 bits per heavy atom. The summed E-state index contributed by atoms with van der Waals surface area (Å²) in [6.45, 7) is 0.722. The number of hydrogen-bond acceptors (Lipinski definition) is 5. The van der Waals surface area contributed by atoms with Gasteiger partial charge in [0.25, 0.3) is 0 Å². The quantitative estimate of drug-likeness (QED) is 0.304. The molecule has 9 nitrogen and oxygen atoms in total. The number of anilines is 1. The van der Waals surface area contributed by atoms with Gasteiger partial charge in [-0.2, -0.15) is 0 Å². The first-order valence-corrected chi connectivity index (χ1v) is 11.1. The molecule has 0 saturated heterocycles. The zero-order valence-corrected chi connectivity index (χ0v) is 18.7. The minimum atomic E-state index is -1.28. The molecule has 3 aromatic rings. The second kappa shape index (κ2) is 12.9. The average Bonchev–Trinajstić information content (AvgIpc) is 2.84. The van der Waals surface area contributed by atoms with Gasteiger partial charge in [-0.25, -0.2) is 4.79 Å². The number of carbonyl (C=O) groups is 3. The van der Waals surface area contributed by atoms with Gasteiger partial charge >= 0.3 is 6.09 Å². The van der Waals surface area contributed by atoms with E-state index in [-0.39, 0.29) is 18.9 Å². The van der Waals surface area contributed by atoms with Crippen molar-refractivity contribution in [3.63, 3.8) is 0 Å². The van der Waals surface area contributed by atoms with Crippen LogP contribution in [0.4, 0.5) is 10.5 Å². The van der Waals surface area contributed by atoms with Gasteiger partial charge in [-0.1, -0.05) is 48.5 Å². The molecule has 178 valence electrons. The predicted molar refractivity (Wildman–Crippen MR) is 128 cm³/mol. The van der Waals surface area contributed by atoms with Crippen LogP contribution in [0.5, 0.6) is 0 Å². The fraction of sp³-hybridized carbons (Fsp3) is 0.280. The number of carbonyl (C=O) groups excluding carboxylic acids is 2. The van der Waals surface area contributed by atoms with Crippen molar-refractivity contribution in [2.75, 3.05) is 18.5 Å². The molecule has 9 heteroatoms. The number of fused-ring (bicyclic) bond motifs is 1. The van der Waals surface area contributed by atoms with Crippen molar-refractivity contribution in [2.24, 2.45) is 0 Å². The Kier molecular flexibility index (Phi) is 9.36. The van der Waals surface area contributed by atoms with Crippen LogP contribution in [0.25, 0.3) is 10.9 Å². The lowest BCUT2D eigenvalue weighted by Gasteiger charge is -2.17. The molecule has 2 aromatic carbocycles. The SMILES string of the molecule is O=C(O)NC(CCCCNC(=O)COCc1ccccc1)C(=O)Nc1cccc2cccnc12. The van der Waals surface area contributed by atoms with Crippen molar-refractivity contribution in [1.82, 2.24) is 15.6 Å². The molecule has 3 amide bonds. The highest BCUT2D eigenvalue weighted by atomic mass is 16.5. The Morgan fingerprint density at radius 1 is 0.971 bits per heavy atom. The summed E-state index contributed by atoms with van der Waals surface area (Å²) in [5.74, 6) is -0.684. The third kappa shape index (κ3) is 7.86. The molecule has 0 aliphatic carbocycles. The molecule has 0 aliphatic rings. The van der Waals surface area contributed by atoms with Gasteiger partial charge in [0.15, 0.2) is 0 Å². The Labute approximate surface area is 197 Å². The maximum absolute atomic E-state index is 12.7. The van der Waals surface area contributed by atoms with Gasteiger partial charge in [-0.05, 0) is 37.0 Å². The molecular formula is C25H28N4O5. The van der Waals surface area contributed by atoms with E-state index in [0.29, 0.717) is 37.2 Å². The summed E-state index contributed by atoms with van der Waals surface area (Å²) in [7, 11) is 0. The van der Waals surface area contributed by atoms with Gasteiger partial charge in [0, 0.05) is 18.1 Å². The molecule has 0 radical (unpaired) electrons. The van der Waals surface area contributed by atoms with Crippen molar-refractivity contribution in [2.45, 2.75) is 31.9 Å². The molecule has 4 N–H and O–H groups in total. The molecule has 0 fully saturated rings. The molecule has 0 bridgehead atoms. The number of aromatic nitrogens is 1. The molecule has 34 heavy (non-hydrogen) atoms. The number of rotatable bonds is 12. The summed E-state index contributed by atoms with van der Waals surface area (Å²) in [4.78, 5) is 40.1. The van der Waals surface area contributed by atoms with Crippen LogP contribution in [0.15, 0.2) is 66.9 Å². The van der Waals surface area contributed by atoms with E-state index in [2.05, 4.69) is 20.9 Å². The highest BCUT2D eigenvalue weighted by Gasteiger charge is 2.21. The number of nitrogens with zero attached hydrogens (tertiary/aromatic N) is 1. The summed E-state index contributed by atoms with van der Waals surface area (Å²) in [6, 6.07) is 17.7. The number of carboxylic acid groups (broad SMARTS) is 1. The summed E-state index contributed by atoms with van der Waals surface area (Å²) in [6.07, 6.45) is 1.77. The first kappa shape index (κ1) is 24.7. The smallest absolute Gasteiger partial charge is 0.405 e. The first-order chi connectivity index (χ1) is 16.5. The second-order valence-corrected chi connectivity index (χ2v) is 7.70. The van der Waals surface area contributed by atoms with Crippen LogP contribution in [0.1, 0.15) is 24.8 Å². The standard InChI is InChI=1S/C25H28N4O5/c30-22(17-34-16-18-8-2-1-3-9-18)26-14-5-4-12-21(29-25(32)33)24(31)28-20-13-6-10-19-11-7-15-27-23(19)20/h1-3,6-11,13,15,21,29H,4-5,12,14,16-17H2,(H,26,30)(H,28,31)(H,32,33). The van der Waals surface area contributed by atoms with Crippen LogP contribution in [-0.2, 0) is 20.9 Å². The number of amides is 3. The molecular weight excluding hydrogens is 436 g/mol. The highest BCUT2D eigenvalue weighted by Crippen LogP contribution is 2.21. The van der Waals surface area contributed by atoms with E-state index in [9.17, 15) is 14.4 Å². The Hall–Kier alpha value is -3.98. The molecule has 1 aromatic heterocycles. The van der Waals surface area contributed by atoms with Crippen LogP contribution < -0.4 is 16.0 Å². The van der Waals surface area contributed by atoms with E-state index in [1.54, 1.807) is 24.4 Å². The summed E-state index contributed by atoms with van der Waals surface area (Å²) < 4.78 is 5.39. The van der Waals surface area contributed by atoms with Crippen molar-refractivity contribution in [3.05, 3.63) is 72.4 Å². The van der Waals surface area contributed by atoms with E-state index < -0.39 is 18.0 Å². The van der Waals surface area contributed by atoms with Gasteiger partial charge in [-0.3, -0.25) is 14.6 Å². The van der Waals surface area contributed by atoms with E-state index in [1.807, 2.05) is 42.5 Å². The lowest BCUT2D eigenvalue weighted by atomic mass is 10.1. The second-order valence-electron chi connectivity index (χ2n) is 7.70. The summed E-state index contributed by atoms with van der Waals surface area (Å²) >= 11 is 0. The zero-order chi connectivity index (χ0) is 24.2. The molecule has 0 saturated carbocycles. The van der Waals surface area contributed by atoms with E-state index in [1.165, 1.54) is 0 Å². The number of benzene rings is 2. The van der Waals surface area contributed by atoms with E-state index in [4.69, 9.17) is 9.84 Å². The van der Waals surface area contributed by atoms with Crippen LogP contribution in [0.2, 0.25) is 0 Å². The largest absolute Gasteiger partial charge is 0.465 e. The lowest BCUT2D eigenvalue weighted by molar-refractivity contribution is -0.126. The topological polar surface area (TPSA) is 130 Å². The lowest BCUT2D eigenvalue weighted by Crippen LogP contribution is -2.43. The molecule has 1 unspecified atom stereocenters. The summed E-state index contributed by atoms with van der Waals surface area (Å²) in [5.41, 5.74) is 2.14. The van der Waals surface area contributed by atoms with Gasteiger partial charge < -0.3 is 25.8 Å². The first-order valence-electron chi connectivity index (χ1n) is 11.1. The van der Waals surface area contributed by atoms with Gasteiger partial charge in [0.2, 0.25) is 11.8 Å². The number of ether oxygens (including phenoxy) is 1. The number of nitrogens with one attached hydrogen (secondary N) is 3. The van der Waals surface area contributed by atoms with E-state index >= 15 is 0 Å². The summed E-state index contributed by atoms with van der Waals surface area (Å²) in [5, 5.41) is 17.8. The molecule has 0 aliphatic heterocycles. The number of unbranched alkanes of at least 4 members (excludes halogenated alkanes) is 1. The monoisotopic (exact) mass is 464 g/mol. The molecule has 0 spiro atoms. The minimum absolute atomic E-state index is 0.0421. The van der Waals surface area contributed by atoms with Crippen molar-refractivity contribution in [1.29, 1.82) is 0 Å². The Morgan fingerprint density at radius 2 is 1.76 bits per heavy atom. The molecule has 1 heterocycles. The van der Waals surface area contributed by atoms with Gasteiger partial charge in [0.1, 0.15) is 12.6 Å². The third-order valence-corrected chi connectivity index (χ3v) is 5.09. The zero-order valence-electron chi connectivity index (χ0n) is 18.7. The number of hydrogen-bond donors (Lipinski definition) is 4. The predicted octanol–water partition coefficient (Wildman–Crippen LogP) is 3.31. The van der Waals surface area contributed by atoms with Crippen molar-refractivity contribution >= 4 is 34.5 Å². The van der Waals surface area contributed by atoms with Crippen molar-refractivity contribution < 1.29 is 24.2 Å². The van der Waals surface area contributed by atoms with Gasteiger partial charge in [-0.15, -0.1) is 0 Å². The number of pyridine rings is 1. The minimum Gasteiger partial charge on any atom is -0.465 e. The Bertz CT molecular complexity index is 1100. The van der Waals surface area contributed by atoms with Gasteiger partial charge in [0.05, 0.1) is 17.8 Å². The fourth-order valence-corrected chi connectivity index (χ4v) is 3.43. The van der Waals surface area contributed by atoms with Crippen molar-refractivity contribution in [3.8, 4) is 0 Å².